The number of fused-ring (bicyclic) bond motifs is 3. The quantitative estimate of drug-likeness (QED) is 0.101. The zero-order chi connectivity index (χ0) is 41.7. The molecule has 0 aliphatic heterocycles. The summed E-state index contributed by atoms with van der Waals surface area (Å²) in [4.78, 5) is 69.8. The van der Waals surface area contributed by atoms with E-state index in [2.05, 4.69) is 19.9 Å². The molecule has 0 bridgehead atoms. The maximum atomic E-state index is 13.1. The summed E-state index contributed by atoms with van der Waals surface area (Å²) in [5, 5.41) is 0. The van der Waals surface area contributed by atoms with Crippen molar-refractivity contribution in [2.24, 2.45) is 14.1 Å². The van der Waals surface area contributed by atoms with Gasteiger partial charge in [-0.3, -0.25) is 9.59 Å². The highest BCUT2D eigenvalue weighted by molar-refractivity contribution is 5.91. The van der Waals surface area contributed by atoms with Crippen LogP contribution in [0.25, 0.3) is 33.1 Å². The Morgan fingerprint density at radius 1 is 0.500 bits per heavy atom. The molecule has 3 aromatic carbocycles. The predicted octanol–water partition coefficient (Wildman–Crippen LogP) is 2.65. The zero-order valence-electron chi connectivity index (χ0n) is 32.7. The van der Waals surface area contributed by atoms with Gasteiger partial charge >= 0.3 is 11.9 Å². The van der Waals surface area contributed by atoms with Gasteiger partial charge in [-0.25, -0.2) is 29.5 Å². The van der Waals surface area contributed by atoms with Crippen molar-refractivity contribution in [3.8, 4) is 46.3 Å². The molecule has 3 heterocycles. The molecule has 0 spiro atoms. The van der Waals surface area contributed by atoms with Crippen molar-refractivity contribution in [2.75, 3.05) is 69.1 Å². The van der Waals surface area contributed by atoms with Gasteiger partial charge in [0.1, 0.15) is 49.0 Å². The van der Waals surface area contributed by atoms with E-state index in [-0.39, 0.29) is 49.2 Å². The number of carbonyl (C=O) groups is 2. The van der Waals surface area contributed by atoms with Crippen molar-refractivity contribution in [2.45, 2.75) is 0 Å². The van der Waals surface area contributed by atoms with E-state index in [1.54, 1.807) is 24.3 Å². The fraction of sp³-hybridized carbons (Fsp3) is 0.316. The number of esters is 2. The van der Waals surface area contributed by atoms with Crippen LogP contribution in [0.4, 0.5) is 0 Å². The summed E-state index contributed by atoms with van der Waals surface area (Å²) in [5.41, 5.74) is -0.380. The van der Waals surface area contributed by atoms with Gasteiger partial charge in [0.2, 0.25) is 11.4 Å². The largest absolute Gasteiger partial charge is 0.494 e. The fourth-order valence-electron chi connectivity index (χ4n) is 5.83. The summed E-state index contributed by atoms with van der Waals surface area (Å²) in [6.07, 6.45) is 0. The van der Waals surface area contributed by atoms with Gasteiger partial charge in [0, 0.05) is 38.4 Å². The number of methoxy groups -OCH3 is 6. The maximum Gasteiger partial charge on any atom is 0.362 e. The molecule has 20 nitrogen and oxygen atoms in total. The molecule has 6 rings (SSSR count). The van der Waals surface area contributed by atoms with Crippen molar-refractivity contribution in [1.82, 2.24) is 29.1 Å². The molecular formula is C38H38N6O14. The predicted molar refractivity (Wildman–Crippen MR) is 204 cm³/mol. The molecule has 6 aromatic rings. The van der Waals surface area contributed by atoms with Gasteiger partial charge < -0.3 is 56.5 Å². The molecule has 0 aliphatic rings. The molecule has 0 unspecified atom stereocenters. The van der Waals surface area contributed by atoms with Crippen molar-refractivity contribution in [1.29, 1.82) is 0 Å². The average molecular weight is 803 g/mol. The minimum Gasteiger partial charge on any atom is -0.494 e. The molecule has 0 N–H and O–H groups in total. The van der Waals surface area contributed by atoms with Gasteiger partial charge in [-0.2, -0.15) is 0 Å². The van der Waals surface area contributed by atoms with Crippen molar-refractivity contribution in [3.63, 3.8) is 0 Å². The number of carbonyl (C=O) groups excluding carboxylic acids is 2. The average Bonchev–Trinajstić information content (AvgIpc) is 3.24. The first-order valence-electron chi connectivity index (χ1n) is 17.3. The highest BCUT2D eigenvalue weighted by atomic mass is 16.6. The molecular weight excluding hydrogens is 764 g/mol. The number of aromatic nitrogens is 6. The lowest BCUT2D eigenvalue weighted by Gasteiger charge is -2.15. The smallest absolute Gasteiger partial charge is 0.362 e. The second-order valence-corrected chi connectivity index (χ2v) is 12.0. The van der Waals surface area contributed by atoms with Gasteiger partial charge in [-0.05, 0) is 12.1 Å². The van der Waals surface area contributed by atoms with E-state index in [0.717, 1.165) is 0 Å². The molecule has 304 valence electrons. The van der Waals surface area contributed by atoms with Crippen LogP contribution in [-0.4, -0.2) is 110 Å². The molecule has 58 heavy (non-hydrogen) atoms. The minimum atomic E-state index is -0.996. The van der Waals surface area contributed by atoms with Crippen molar-refractivity contribution in [3.05, 3.63) is 68.5 Å². The SMILES string of the molecule is COc1cc2nc(C(=O)OCCOc3nc4c(OC)ccc(OC)c4nc3OCCOC(=O)c3nc4cc(OC)c(OC)cc4n(C)c3=O)c(=O)n(C)c2cc1OC. The van der Waals surface area contributed by atoms with E-state index in [9.17, 15) is 19.2 Å². The van der Waals surface area contributed by atoms with Crippen LogP contribution in [0.3, 0.4) is 0 Å². The first-order chi connectivity index (χ1) is 28.0. The molecule has 0 aliphatic carbocycles. The van der Waals surface area contributed by atoms with Crippen LogP contribution in [0.2, 0.25) is 0 Å². The lowest BCUT2D eigenvalue weighted by molar-refractivity contribution is 0.0412. The maximum absolute atomic E-state index is 13.1. The number of rotatable bonds is 16. The molecule has 0 saturated carbocycles. The normalized spacial score (nSPS) is 11.0. The molecule has 3 aromatic heterocycles. The van der Waals surface area contributed by atoms with Crippen molar-refractivity contribution < 1.29 is 57.0 Å². The Morgan fingerprint density at radius 2 is 0.845 bits per heavy atom. The van der Waals surface area contributed by atoms with E-state index < -0.39 is 34.4 Å². The highest BCUT2D eigenvalue weighted by Gasteiger charge is 2.23. The molecule has 0 atom stereocenters. The first kappa shape index (κ1) is 40.3. The monoisotopic (exact) mass is 802 g/mol. The third-order valence-corrected chi connectivity index (χ3v) is 8.79. The van der Waals surface area contributed by atoms with Crippen LogP contribution < -0.4 is 49.0 Å². The second-order valence-electron chi connectivity index (χ2n) is 12.0. The van der Waals surface area contributed by atoms with E-state index >= 15 is 0 Å². The minimum absolute atomic E-state index is 0.142. The van der Waals surface area contributed by atoms with E-state index in [4.69, 9.17) is 47.4 Å². The fourth-order valence-corrected chi connectivity index (χ4v) is 5.83. The number of hydrogen-bond donors (Lipinski definition) is 0. The second kappa shape index (κ2) is 17.2. The number of ether oxygens (including phenoxy) is 10. The van der Waals surface area contributed by atoms with Gasteiger partial charge in [0.15, 0.2) is 23.0 Å². The molecule has 0 radical (unpaired) electrons. The topological polar surface area (TPSA) is 222 Å². The van der Waals surface area contributed by atoms with Gasteiger partial charge in [0.25, 0.3) is 22.9 Å². The van der Waals surface area contributed by atoms with Crippen LogP contribution in [0.1, 0.15) is 21.0 Å². The Kier molecular flexibility index (Phi) is 11.9. The van der Waals surface area contributed by atoms with Gasteiger partial charge in [-0.1, -0.05) is 0 Å². The first-order valence-corrected chi connectivity index (χ1v) is 17.3. The standard InChI is InChI=1S/C38H38N6O14/c1-43-21-17-27(53-7)25(51-5)15-19(21)39-31(35(43)45)37(47)57-13-11-55-33-34(42-30-24(50-4)10-9-23(49-3)29(30)41-33)56-12-14-58-38(48)32-36(46)44(2)22-18-28(54-8)26(52-6)16-20(22)40-32/h9-10,15-18H,11-14H2,1-8H3. The summed E-state index contributed by atoms with van der Waals surface area (Å²) < 4.78 is 57.1. The zero-order valence-corrected chi connectivity index (χ0v) is 32.7. The molecule has 0 saturated heterocycles. The van der Waals surface area contributed by atoms with Crippen LogP contribution in [-0.2, 0) is 23.6 Å². The Morgan fingerprint density at radius 3 is 1.19 bits per heavy atom. The van der Waals surface area contributed by atoms with Crippen LogP contribution in [0.5, 0.6) is 46.3 Å². The third-order valence-electron chi connectivity index (χ3n) is 8.79. The van der Waals surface area contributed by atoms with Crippen LogP contribution in [0, 0.1) is 0 Å². The summed E-state index contributed by atoms with van der Waals surface area (Å²) >= 11 is 0. The Balaban J connectivity index is 1.18. The van der Waals surface area contributed by atoms with E-state index in [0.29, 0.717) is 56.6 Å². The van der Waals surface area contributed by atoms with Crippen LogP contribution >= 0.6 is 0 Å². The summed E-state index contributed by atoms with van der Waals surface area (Å²) in [5.74, 6) is -0.127. The Hall–Kier alpha value is -7.38. The Labute approximate surface area is 328 Å². The summed E-state index contributed by atoms with van der Waals surface area (Å²) in [6.45, 7) is -1.22. The highest BCUT2D eigenvalue weighted by Crippen LogP contribution is 2.36. The van der Waals surface area contributed by atoms with E-state index in [1.165, 1.54) is 78.0 Å². The van der Waals surface area contributed by atoms with Crippen molar-refractivity contribution >= 4 is 45.0 Å². The number of nitrogens with zero attached hydrogens (tertiary/aromatic N) is 6. The number of hydrogen-bond acceptors (Lipinski definition) is 18. The molecule has 0 amide bonds. The number of aryl methyl sites for hydroxylation is 2. The van der Waals surface area contributed by atoms with Crippen LogP contribution in [0.15, 0.2) is 46.0 Å². The van der Waals surface area contributed by atoms with E-state index in [1.807, 2.05) is 0 Å². The molecule has 0 fully saturated rings. The summed E-state index contributed by atoms with van der Waals surface area (Å²) in [7, 11) is 11.7. The lowest BCUT2D eigenvalue weighted by Crippen LogP contribution is -2.28. The van der Waals surface area contributed by atoms with Gasteiger partial charge in [-0.15, -0.1) is 0 Å². The Bertz CT molecular complexity index is 2500. The summed E-state index contributed by atoms with van der Waals surface area (Å²) in [6, 6.07) is 9.47. The molecule has 20 heteroatoms. The lowest BCUT2D eigenvalue weighted by atomic mass is 10.2. The number of benzene rings is 3. The van der Waals surface area contributed by atoms with Gasteiger partial charge in [0.05, 0.1) is 64.7 Å². The third kappa shape index (κ3) is 7.71.